The van der Waals surface area contributed by atoms with Crippen LogP contribution in [0.15, 0.2) is 47.4 Å². The molecule has 0 aliphatic carbocycles. The van der Waals surface area contributed by atoms with Crippen LogP contribution in [0.1, 0.15) is 23.6 Å². The third kappa shape index (κ3) is 6.09. The van der Waals surface area contributed by atoms with Crippen LogP contribution in [0.4, 0.5) is 5.69 Å². The molecular formula is C24H31N3O2S. The summed E-state index contributed by atoms with van der Waals surface area (Å²) in [5, 5.41) is 3.03. The highest BCUT2D eigenvalue weighted by Gasteiger charge is 2.22. The van der Waals surface area contributed by atoms with Gasteiger partial charge in [0.15, 0.2) is 0 Å². The Morgan fingerprint density at radius 2 is 1.73 bits per heavy atom. The molecule has 1 saturated heterocycles. The van der Waals surface area contributed by atoms with Crippen LogP contribution in [0.3, 0.4) is 0 Å². The zero-order valence-electron chi connectivity index (χ0n) is 18.1. The molecule has 30 heavy (non-hydrogen) atoms. The number of aryl methyl sites for hydroxylation is 3. The summed E-state index contributed by atoms with van der Waals surface area (Å²) in [6.07, 6.45) is 0.886. The van der Waals surface area contributed by atoms with Gasteiger partial charge in [0.1, 0.15) is 0 Å². The van der Waals surface area contributed by atoms with E-state index >= 15 is 0 Å². The van der Waals surface area contributed by atoms with E-state index in [2.05, 4.69) is 49.2 Å². The van der Waals surface area contributed by atoms with Gasteiger partial charge in [-0.3, -0.25) is 14.5 Å². The number of benzene rings is 2. The second kappa shape index (κ2) is 10.6. The van der Waals surface area contributed by atoms with Crippen molar-refractivity contribution in [2.75, 3.05) is 43.8 Å². The zero-order valence-corrected chi connectivity index (χ0v) is 18.9. The molecule has 0 bridgehead atoms. The molecule has 2 aromatic carbocycles. The third-order valence-electron chi connectivity index (χ3n) is 5.61. The smallest absolute Gasteiger partial charge is 0.238 e. The lowest BCUT2D eigenvalue weighted by Gasteiger charge is -2.34. The number of anilines is 1. The van der Waals surface area contributed by atoms with E-state index in [1.807, 2.05) is 29.2 Å². The van der Waals surface area contributed by atoms with Crippen LogP contribution in [0, 0.1) is 13.8 Å². The number of rotatable bonds is 7. The van der Waals surface area contributed by atoms with Crippen LogP contribution in [-0.4, -0.2) is 60.1 Å². The molecule has 0 spiro atoms. The molecule has 160 valence electrons. The number of hydrogen-bond donors (Lipinski definition) is 1. The summed E-state index contributed by atoms with van der Waals surface area (Å²) in [6.45, 7) is 9.42. The molecule has 5 nitrogen and oxygen atoms in total. The van der Waals surface area contributed by atoms with Crippen molar-refractivity contribution in [3.05, 3.63) is 59.2 Å². The Hall–Kier alpha value is -2.31. The number of carbonyl (C=O) groups is 2. The van der Waals surface area contributed by atoms with E-state index in [1.165, 1.54) is 11.1 Å². The van der Waals surface area contributed by atoms with E-state index in [0.717, 1.165) is 35.7 Å². The first-order valence-electron chi connectivity index (χ1n) is 10.5. The van der Waals surface area contributed by atoms with Crippen molar-refractivity contribution >= 4 is 29.3 Å². The number of nitrogens with one attached hydrogen (secondary N) is 1. The largest absolute Gasteiger partial charge is 0.339 e. The van der Waals surface area contributed by atoms with Crippen LogP contribution in [-0.2, 0) is 16.0 Å². The van der Waals surface area contributed by atoms with E-state index in [0.29, 0.717) is 25.4 Å². The lowest BCUT2D eigenvalue weighted by molar-refractivity contribution is -0.130. The van der Waals surface area contributed by atoms with Crippen LogP contribution < -0.4 is 5.32 Å². The number of nitrogens with zero attached hydrogens (tertiary/aromatic N) is 2. The van der Waals surface area contributed by atoms with Gasteiger partial charge in [0.25, 0.3) is 0 Å². The van der Waals surface area contributed by atoms with Gasteiger partial charge in [-0.2, -0.15) is 0 Å². The minimum atomic E-state index is 0.000901. The first-order valence-corrected chi connectivity index (χ1v) is 11.5. The van der Waals surface area contributed by atoms with Crippen molar-refractivity contribution in [1.29, 1.82) is 0 Å². The molecule has 0 radical (unpaired) electrons. The lowest BCUT2D eigenvalue weighted by atomic mass is 10.1. The molecule has 2 amide bonds. The Labute approximate surface area is 183 Å². The second-order valence-electron chi connectivity index (χ2n) is 7.75. The van der Waals surface area contributed by atoms with Gasteiger partial charge in [0.05, 0.1) is 12.3 Å². The highest BCUT2D eigenvalue weighted by Crippen LogP contribution is 2.22. The van der Waals surface area contributed by atoms with Crippen molar-refractivity contribution in [1.82, 2.24) is 9.80 Å². The van der Waals surface area contributed by atoms with E-state index in [-0.39, 0.29) is 11.8 Å². The number of piperazine rings is 1. The average Bonchev–Trinajstić information content (AvgIpc) is 2.75. The Balaban J connectivity index is 1.42. The molecule has 0 saturated carbocycles. The lowest BCUT2D eigenvalue weighted by Crippen LogP contribution is -2.50. The van der Waals surface area contributed by atoms with E-state index in [9.17, 15) is 9.59 Å². The maximum Gasteiger partial charge on any atom is 0.238 e. The predicted octanol–water partition coefficient (Wildman–Crippen LogP) is 3.74. The first-order chi connectivity index (χ1) is 14.5. The Bertz CT molecular complexity index is 892. The van der Waals surface area contributed by atoms with Gasteiger partial charge in [0.2, 0.25) is 11.8 Å². The summed E-state index contributed by atoms with van der Waals surface area (Å²) < 4.78 is 0. The number of carbonyl (C=O) groups excluding carboxylic acids is 2. The molecule has 0 unspecified atom stereocenters. The number of thioether (sulfide) groups is 1. The fourth-order valence-electron chi connectivity index (χ4n) is 3.54. The van der Waals surface area contributed by atoms with Gasteiger partial charge in [0, 0.05) is 36.8 Å². The fraction of sp³-hybridized carbons (Fsp3) is 0.417. The van der Waals surface area contributed by atoms with Crippen LogP contribution in [0.2, 0.25) is 0 Å². The molecule has 1 aliphatic rings. The number of amides is 2. The number of hydrogen-bond acceptors (Lipinski definition) is 4. The van der Waals surface area contributed by atoms with Gasteiger partial charge < -0.3 is 10.2 Å². The Morgan fingerprint density at radius 1 is 1.00 bits per heavy atom. The predicted molar refractivity (Wildman–Crippen MR) is 124 cm³/mol. The molecule has 1 aliphatic heterocycles. The highest BCUT2D eigenvalue weighted by atomic mass is 32.2. The van der Waals surface area contributed by atoms with Gasteiger partial charge in [-0.25, -0.2) is 0 Å². The van der Waals surface area contributed by atoms with Gasteiger partial charge in [-0.15, -0.1) is 11.8 Å². The fourth-order valence-corrected chi connectivity index (χ4v) is 4.44. The van der Waals surface area contributed by atoms with Crippen molar-refractivity contribution in [2.45, 2.75) is 32.1 Å². The summed E-state index contributed by atoms with van der Waals surface area (Å²) in [4.78, 5) is 30.2. The molecule has 2 aromatic rings. The van der Waals surface area contributed by atoms with E-state index in [4.69, 9.17) is 0 Å². The van der Waals surface area contributed by atoms with E-state index < -0.39 is 0 Å². The quantitative estimate of drug-likeness (QED) is 0.687. The maximum atomic E-state index is 12.6. The van der Waals surface area contributed by atoms with Crippen molar-refractivity contribution < 1.29 is 9.59 Å². The summed E-state index contributed by atoms with van der Waals surface area (Å²) in [5.74, 6) is 0.622. The maximum absolute atomic E-state index is 12.6. The summed E-state index contributed by atoms with van der Waals surface area (Å²) in [5.41, 5.74) is 4.55. The molecule has 1 N–H and O–H groups in total. The molecule has 0 aromatic heterocycles. The first kappa shape index (κ1) is 22.4. The van der Waals surface area contributed by atoms with Gasteiger partial charge in [-0.05, 0) is 55.2 Å². The van der Waals surface area contributed by atoms with Gasteiger partial charge in [-0.1, -0.05) is 31.2 Å². The van der Waals surface area contributed by atoms with Crippen molar-refractivity contribution in [3.63, 3.8) is 0 Å². The van der Waals surface area contributed by atoms with Crippen LogP contribution in [0.25, 0.3) is 0 Å². The minimum absolute atomic E-state index is 0.000901. The second-order valence-corrected chi connectivity index (χ2v) is 8.80. The molecule has 0 atom stereocenters. The number of para-hydroxylation sites is 1. The van der Waals surface area contributed by atoms with Crippen LogP contribution in [0.5, 0.6) is 0 Å². The minimum Gasteiger partial charge on any atom is -0.339 e. The van der Waals surface area contributed by atoms with Crippen molar-refractivity contribution in [2.24, 2.45) is 0 Å². The molecule has 1 fully saturated rings. The highest BCUT2D eigenvalue weighted by molar-refractivity contribution is 8.00. The normalized spacial score (nSPS) is 14.6. The van der Waals surface area contributed by atoms with Crippen molar-refractivity contribution in [3.8, 4) is 0 Å². The summed E-state index contributed by atoms with van der Waals surface area (Å²) >= 11 is 1.59. The zero-order chi connectivity index (χ0) is 21.5. The standard InChI is InChI=1S/C24H31N3O2S/c1-4-20-7-5-6-8-22(20)25-23(28)16-26-11-13-27(14-12-26)24(29)17-30-21-10-9-18(2)19(3)15-21/h5-10,15H,4,11-14,16-17H2,1-3H3,(H,25,28). The summed E-state index contributed by atoms with van der Waals surface area (Å²) in [7, 11) is 0. The Morgan fingerprint density at radius 3 is 2.43 bits per heavy atom. The average molecular weight is 426 g/mol. The monoisotopic (exact) mass is 425 g/mol. The van der Waals surface area contributed by atoms with Gasteiger partial charge >= 0.3 is 0 Å². The topological polar surface area (TPSA) is 52.7 Å². The molecule has 3 rings (SSSR count). The Kier molecular flexibility index (Phi) is 7.94. The van der Waals surface area contributed by atoms with E-state index in [1.54, 1.807) is 11.8 Å². The SMILES string of the molecule is CCc1ccccc1NC(=O)CN1CCN(C(=O)CSc2ccc(C)c(C)c2)CC1. The molecule has 1 heterocycles. The molecular weight excluding hydrogens is 394 g/mol. The van der Waals surface area contributed by atoms with Crippen LogP contribution >= 0.6 is 11.8 Å². The molecule has 6 heteroatoms. The third-order valence-corrected chi connectivity index (χ3v) is 6.58. The summed E-state index contributed by atoms with van der Waals surface area (Å²) in [6, 6.07) is 14.2.